The highest BCUT2D eigenvalue weighted by molar-refractivity contribution is 5.78. The minimum atomic E-state index is -0.892. The summed E-state index contributed by atoms with van der Waals surface area (Å²) in [6.07, 6.45) is 1.26. The molecule has 1 fully saturated rings. The Kier molecular flexibility index (Phi) is 5.73. The first-order valence-corrected chi connectivity index (χ1v) is 7.80. The number of carboxylic acid groups (broad SMARTS) is 1. The molecule has 2 atom stereocenters. The molecule has 0 saturated carbocycles. The molecule has 1 aromatic rings. The summed E-state index contributed by atoms with van der Waals surface area (Å²) in [5.74, 6) is -1.53. The third-order valence-corrected chi connectivity index (χ3v) is 4.26. The van der Waals surface area contributed by atoms with E-state index in [9.17, 15) is 24.8 Å². The predicted molar refractivity (Wildman–Crippen MR) is 84.7 cm³/mol. The second kappa shape index (κ2) is 7.76. The van der Waals surface area contributed by atoms with E-state index in [1.807, 2.05) is 0 Å². The minimum absolute atomic E-state index is 0.00461. The first kappa shape index (κ1) is 17.7. The topological polar surface area (TPSA) is 110 Å². The Bertz CT molecular complexity index is 633. The molecule has 1 heterocycles. The lowest BCUT2D eigenvalue weighted by Gasteiger charge is -2.37. The average molecular weight is 336 g/mol. The van der Waals surface area contributed by atoms with Crippen molar-refractivity contribution in [3.8, 4) is 5.75 Å². The van der Waals surface area contributed by atoms with Gasteiger partial charge in [0.05, 0.1) is 23.9 Å². The first-order valence-electron chi connectivity index (χ1n) is 7.80. The molecule has 1 aliphatic rings. The highest BCUT2D eigenvalue weighted by atomic mass is 16.6. The summed E-state index contributed by atoms with van der Waals surface area (Å²) < 4.78 is 5.36. The number of hydrogen-bond donors (Lipinski definition) is 1. The lowest BCUT2D eigenvalue weighted by molar-refractivity contribution is -0.385. The van der Waals surface area contributed by atoms with Gasteiger partial charge in [0.15, 0.2) is 5.75 Å². The van der Waals surface area contributed by atoms with Crippen LogP contribution in [0.15, 0.2) is 24.3 Å². The number of likely N-dealkylation sites (tertiary alicyclic amines) is 1. The largest absolute Gasteiger partial charge is 0.486 e. The molecule has 0 spiro atoms. The van der Waals surface area contributed by atoms with Crippen LogP contribution in [0.25, 0.3) is 0 Å². The van der Waals surface area contributed by atoms with Gasteiger partial charge >= 0.3 is 11.7 Å². The number of ether oxygens (including phenoxy) is 1. The van der Waals surface area contributed by atoms with Gasteiger partial charge in [-0.25, -0.2) is 0 Å². The second-order valence-electron chi connectivity index (χ2n) is 5.74. The lowest BCUT2D eigenvalue weighted by Crippen LogP contribution is -2.49. The molecule has 0 unspecified atom stereocenters. The average Bonchev–Trinajstić information content (AvgIpc) is 2.54. The van der Waals surface area contributed by atoms with Gasteiger partial charge in [-0.2, -0.15) is 0 Å². The van der Waals surface area contributed by atoms with E-state index >= 15 is 0 Å². The summed E-state index contributed by atoms with van der Waals surface area (Å²) in [5, 5.41) is 20.1. The van der Waals surface area contributed by atoms with Crippen LogP contribution in [0.3, 0.4) is 0 Å². The smallest absolute Gasteiger partial charge is 0.310 e. The summed E-state index contributed by atoms with van der Waals surface area (Å²) in [4.78, 5) is 35.4. The highest BCUT2D eigenvalue weighted by Gasteiger charge is 2.35. The fraction of sp³-hybridized carbons (Fsp3) is 0.500. The second-order valence-corrected chi connectivity index (χ2v) is 5.74. The van der Waals surface area contributed by atoms with Crippen LogP contribution in [0.2, 0.25) is 0 Å². The Morgan fingerprint density at radius 2 is 2.12 bits per heavy atom. The summed E-state index contributed by atoms with van der Waals surface area (Å²) in [6, 6.07) is 5.61. The van der Waals surface area contributed by atoms with E-state index in [4.69, 9.17) is 4.74 Å². The molecule has 1 aromatic carbocycles. The zero-order valence-electron chi connectivity index (χ0n) is 13.4. The lowest BCUT2D eigenvalue weighted by atomic mass is 9.90. The molecular weight excluding hydrogens is 316 g/mol. The van der Waals surface area contributed by atoms with Gasteiger partial charge in [0.1, 0.15) is 0 Å². The molecular formula is C16H20N2O6. The SMILES string of the molecule is C[C@@H]1[C@H](C(=O)O)CCCN1C(=O)CCOc1ccccc1[N+](=O)[O-]. The van der Waals surface area contributed by atoms with Crippen molar-refractivity contribution < 1.29 is 24.4 Å². The minimum Gasteiger partial charge on any atom is -0.486 e. The Labute approximate surface area is 139 Å². The number of para-hydroxylation sites is 2. The third kappa shape index (κ3) is 4.01. The van der Waals surface area contributed by atoms with E-state index < -0.39 is 16.8 Å². The molecule has 130 valence electrons. The molecule has 1 N–H and O–H groups in total. The molecule has 1 aliphatic heterocycles. The van der Waals surface area contributed by atoms with Crippen molar-refractivity contribution in [2.75, 3.05) is 13.2 Å². The maximum atomic E-state index is 12.3. The van der Waals surface area contributed by atoms with Crippen molar-refractivity contribution in [1.82, 2.24) is 4.90 Å². The van der Waals surface area contributed by atoms with Gasteiger partial charge in [-0.3, -0.25) is 19.7 Å². The van der Waals surface area contributed by atoms with Crippen LogP contribution in [0.1, 0.15) is 26.2 Å². The van der Waals surface area contributed by atoms with Crippen LogP contribution in [0.5, 0.6) is 5.75 Å². The van der Waals surface area contributed by atoms with Crippen LogP contribution in [-0.4, -0.2) is 46.0 Å². The van der Waals surface area contributed by atoms with Crippen LogP contribution < -0.4 is 4.74 Å². The number of carbonyl (C=O) groups is 2. The van der Waals surface area contributed by atoms with Gasteiger partial charge in [0.25, 0.3) is 0 Å². The normalized spacial score (nSPS) is 20.5. The van der Waals surface area contributed by atoms with E-state index in [2.05, 4.69) is 0 Å². The van der Waals surface area contributed by atoms with Crippen molar-refractivity contribution in [1.29, 1.82) is 0 Å². The Morgan fingerprint density at radius 3 is 2.79 bits per heavy atom. The maximum absolute atomic E-state index is 12.3. The van der Waals surface area contributed by atoms with E-state index in [-0.39, 0.29) is 36.4 Å². The molecule has 1 saturated heterocycles. The van der Waals surface area contributed by atoms with Crippen molar-refractivity contribution in [2.45, 2.75) is 32.2 Å². The third-order valence-electron chi connectivity index (χ3n) is 4.26. The van der Waals surface area contributed by atoms with Gasteiger partial charge in [-0.1, -0.05) is 12.1 Å². The molecule has 0 bridgehead atoms. The number of hydrogen-bond acceptors (Lipinski definition) is 5. The molecule has 0 aliphatic carbocycles. The number of nitro groups is 1. The first-order chi connectivity index (χ1) is 11.4. The monoisotopic (exact) mass is 336 g/mol. The van der Waals surface area contributed by atoms with Crippen LogP contribution >= 0.6 is 0 Å². The van der Waals surface area contributed by atoms with Crippen molar-refractivity contribution in [3.05, 3.63) is 34.4 Å². The quantitative estimate of drug-likeness (QED) is 0.629. The van der Waals surface area contributed by atoms with Gasteiger partial charge in [-0.15, -0.1) is 0 Å². The van der Waals surface area contributed by atoms with E-state index in [0.717, 1.165) is 0 Å². The molecule has 8 nitrogen and oxygen atoms in total. The maximum Gasteiger partial charge on any atom is 0.310 e. The summed E-state index contributed by atoms with van der Waals surface area (Å²) in [6.45, 7) is 2.26. The Balaban J connectivity index is 1.92. The van der Waals surface area contributed by atoms with Gasteiger partial charge in [0, 0.05) is 18.7 Å². The number of benzene rings is 1. The van der Waals surface area contributed by atoms with E-state index in [1.54, 1.807) is 17.9 Å². The van der Waals surface area contributed by atoms with Gasteiger partial charge in [-0.05, 0) is 25.8 Å². The van der Waals surface area contributed by atoms with Crippen LogP contribution in [0, 0.1) is 16.0 Å². The number of carbonyl (C=O) groups excluding carboxylic acids is 1. The number of nitrogens with zero attached hydrogens (tertiary/aromatic N) is 2. The number of nitro benzene ring substituents is 1. The number of aliphatic carboxylic acids is 1. The fourth-order valence-electron chi connectivity index (χ4n) is 2.95. The summed E-state index contributed by atoms with van der Waals surface area (Å²) in [7, 11) is 0. The molecule has 24 heavy (non-hydrogen) atoms. The number of amides is 1. The number of rotatable bonds is 6. The molecule has 0 aromatic heterocycles. The Morgan fingerprint density at radius 1 is 1.42 bits per heavy atom. The fourth-order valence-corrected chi connectivity index (χ4v) is 2.95. The standard InChI is InChI=1S/C16H20N2O6/c1-11-12(16(20)21)5-4-9-17(11)15(19)8-10-24-14-7-3-2-6-13(14)18(22)23/h2-3,6-7,11-12H,4-5,8-10H2,1H3,(H,20,21)/t11-,12-/m1/s1. The number of piperidine rings is 1. The van der Waals surface area contributed by atoms with E-state index in [0.29, 0.717) is 19.4 Å². The van der Waals surface area contributed by atoms with Crippen LogP contribution in [0.4, 0.5) is 5.69 Å². The summed E-state index contributed by atoms with van der Waals surface area (Å²) >= 11 is 0. The molecule has 8 heteroatoms. The molecule has 0 radical (unpaired) electrons. The summed E-state index contributed by atoms with van der Waals surface area (Å²) in [5.41, 5.74) is -0.151. The van der Waals surface area contributed by atoms with Crippen molar-refractivity contribution in [2.24, 2.45) is 5.92 Å². The van der Waals surface area contributed by atoms with Crippen LogP contribution in [-0.2, 0) is 9.59 Å². The van der Waals surface area contributed by atoms with Crippen molar-refractivity contribution >= 4 is 17.6 Å². The van der Waals surface area contributed by atoms with Crippen molar-refractivity contribution in [3.63, 3.8) is 0 Å². The zero-order valence-corrected chi connectivity index (χ0v) is 13.4. The molecule has 2 rings (SSSR count). The highest BCUT2D eigenvalue weighted by Crippen LogP contribution is 2.27. The van der Waals surface area contributed by atoms with Gasteiger partial charge in [0.2, 0.25) is 5.91 Å². The van der Waals surface area contributed by atoms with Gasteiger partial charge < -0.3 is 14.7 Å². The van der Waals surface area contributed by atoms with E-state index in [1.165, 1.54) is 18.2 Å². The number of carboxylic acids is 1. The Hall–Kier alpha value is -2.64. The zero-order chi connectivity index (χ0) is 17.7. The predicted octanol–water partition coefficient (Wildman–Crippen LogP) is 2.08. The molecule has 1 amide bonds.